The summed E-state index contributed by atoms with van der Waals surface area (Å²) in [6.07, 6.45) is 2.80. The lowest BCUT2D eigenvalue weighted by atomic mass is 9.86. The highest BCUT2D eigenvalue weighted by Gasteiger charge is 2.54. The van der Waals surface area contributed by atoms with Crippen molar-refractivity contribution in [2.45, 2.75) is 24.8 Å². The monoisotopic (exact) mass is 618 g/mol. The van der Waals surface area contributed by atoms with E-state index in [1.54, 1.807) is 25.2 Å². The molecule has 232 valence electrons. The maximum absolute atomic E-state index is 14.0. The van der Waals surface area contributed by atoms with E-state index in [2.05, 4.69) is 5.32 Å². The molecular formula is C33H38N4O6S. The van der Waals surface area contributed by atoms with Crippen LogP contribution in [0.1, 0.15) is 24.0 Å². The number of piperidine rings is 1. The summed E-state index contributed by atoms with van der Waals surface area (Å²) in [6, 6.07) is 24.5. The zero-order chi connectivity index (χ0) is 31.2. The first-order chi connectivity index (χ1) is 21.3. The van der Waals surface area contributed by atoms with Crippen molar-refractivity contribution < 1.29 is 27.5 Å². The Labute approximate surface area is 258 Å². The van der Waals surface area contributed by atoms with Crippen LogP contribution in [0.3, 0.4) is 0 Å². The van der Waals surface area contributed by atoms with E-state index in [0.717, 1.165) is 16.8 Å². The quantitative estimate of drug-likeness (QED) is 0.351. The van der Waals surface area contributed by atoms with Crippen LogP contribution in [0.2, 0.25) is 0 Å². The van der Waals surface area contributed by atoms with Crippen LogP contribution >= 0.6 is 0 Å². The van der Waals surface area contributed by atoms with Crippen molar-refractivity contribution in [3.63, 3.8) is 0 Å². The van der Waals surface area contributed by atoms with E-state index < -0.39 is 15.6 Å². The SMILES string of the molecule is COc1ccc(CCNC(=O)CN2CN(c3ccccc3)C3(CCN(S(=O)(=O)/C=C/c4ccccc4)CC3)C2=O)cc1OC. The van der Waals surface area contributed by atoms with Gasteiger partial charge in [-0.3, -0.25) is 9.59 Å². The Morgan fingerprint density at radius 1 is 0.932 bits per heavy atom. The highest BCUT2D eigenvalue weighted by molar-refractivity contribution is 7.92. The second-order valence-electron chi connectivity index (χ2n) is 10.9. The molecule has 0 aromatic heterocycles. The van der Waals surface area contributed by atoms with Crippen molar-refractivity contribution in [2.75, 3.05) is 52.0 Å². The Bertz CT molecular complexity index is 1590. The van der Waals surface area contributed by atoms with Gasteiger partial charge in [0.05, 0.1) is 20.9 Å². The first-order valence-corrected chi connectivity index (χ1v) is 16.1. The number of carbonyl (C=O) groups is 2. The number of sulfonamides is 1. The predicted molar refractivity (Wildman–Crippen MR) is 170 cm³/mol. The Morgan fingerprint density at radius 3 is 2.25 bits per heavy atom. The van der Waals surface area contributed by atoms with E-state index in [0.29, 0.717) is 37.3 Å². The maximum atomic E-state index is 14.0. The van der Waals surface area contributed by atoms with Crippen LogP contribution in [-0.2, 0) is 26.0 Å². The maximum Gasteiger partial charge on any atom is 0.250 e. The molecule has 2 heterocycles. The molecule has 2 amide bonds. The number of nitrogens with zero attached hydrogens (tertiary/aromatic N) is 3. The van der Waals surface area contributed by atoms with E-state index in [9.17, 15) is 18.0 Å². The van der Waals surface area contributed by atoms with Crippen molar-refractivity contribution in [3.8, 4) is 11.5 Å². The van der Waals surface area contributed by atoms with Crippen molar-refractivity contribution in [2.24, 2.45) is 0 Å². The lowest BCUT2D eigenvalue weighted by molar-refractivity contribution is -0.137. The van der Waals surface area contributed by atoms with Gasteiger partial charge in [-0.2, -0.15) is 4.31 Å². The summed E-state index contributed by atoms with van der Waals surface area (Å²) in [5, 5.41) is 4.15. The molecule has 2 saturated heterocycles. The average Bonchev–Trinajstić information content (AvgIpc) is 3.30. The van der Waals surface area contributed by atoms with E-state index >= 15 is 0 Å². The molecule has 3 aromatic carbocycles. The number of carbonyl (C=O) groups excluding carboxylic acids is 2. The molecule has 0 radical (unpaired) electrons. The van der Waals surface area contributed by atoms with Gasteiger partial charge >= 0.3 is 0 Å². The minimum Gasteiger partial charge on any atom is -0.493 e. The van der Waals surface area contributed by atoms with Gasteiger partial charge in [-0.15, -0.1) is 0 Å². The lowest BCUT2D eigenvalue weighted by Crippen LogP contribution is -2.57. The van der Waals surface area contributed by atoms with Crippen molar-refractivity contribution >= 4 is 33.6 Å². The van der Waals surface area contributed by atoms with Gasteiger partial charge in [0.2, 0.25) is 21.8 Å². The molecule has 0 aliphatic carbocycles. The third-order valence-corrected chi connectivity index (χ3v) is 9.81. The van der Waals surface area contributed by atoms with Crippen molar-refractivity contribution in [3.05, 3.63) is 95.4 Å². The summed E-state index contributed by atoms with van der Waals surface area (Å²) in [7, 11) is -0.514. The van der Waals surface area contributed by atoms with Crippen LogP contribution < -0.4 is 19.7 Å². The molecule has 44 heavy (non-hydrogen) atoms. The third kappa shape index (κ3) is 6.74. The molecule has 0 bridgehead atoms. The minimum atomic E-state index is -3.67. The normalized spacial score (nSPS) is 16.9. The summed E-state index contributed by atoms with van der Waals surface area (Å²) in [6.45, 7) is 0.946. The molecule has 1 spiro atoms. The number of methoxy groups -OCH3 is 2. The van der Waals surface area contributed by atoms with Gasteiger partial charge in [0.15, 0.2) is 11.5 Å². The van der Waals surface area contributed by atoms with Crippen LogP contribution in [0.4, 0.5) is 5.69 Å². The van der Waals surface area contributed by atoms with Gasteiger partial charge in [0, 0.05) is 30.7 Å². The average molecular weight is 619 g/mol. The molecule has 1 N–H and O–H groups in total. The topological polar surface area (TPSA) is 108 Å². The first kappa shape index (κ1) is 31.1. The highest BCUT2D eigenvalue weighted by Crippen LogP contribution is 2.40. The molecule has 0 saturated carbocycles. The second-order valence-corrected chi connectivity index (χ2v) is 12.7. The van der Waals surface area contributed by atoms with Gasteiger partial charge in [-0.05, 0) is 60.7 Å². The van der Waals surface area contributed by atoms with Gasteiger partial charge in [-0.25, -0.2) is 8.42 Å². The minimum absolute atomic E-state index is 0.0856. The summed E-state index contributed by atoms with van der Waals surface area (Å²) in [4.78, 5) is 30.6. The highest BCUT2D eigenvalue weighted by atomic mass is 32.2. The van der Waals surface area contributed by atoms with E-state index in [-0.39, 0.29) is 38.1 Å². The summed E-state index contributed by atoms with van der Waals surface area (Å²) >= 11 is 0. The first-order valence-electron chi connectivity index (χ1n) is 14.6. The Balaban J connectivity index is 1.24. The molecule has 0 unspecified atom stereocenters. The standard InChI is InChI=1S/C33H38N4O6S/c1-42-29-14-13-27(23-30(29)43-2)15-19-34-31(38)24-35-25-37(28-11-7-4-8-12-28)33(32(35)39)17-20-36(21-18-33)44(40,41)22-16-26-9-5-3-6-10-26/h3-14,16,22-23H,15,17-21,24-25H2,1-2H3,(H,34,38)/b22-16+. The molecule has 2 aliphatic heterocycles. The fourth-order valence-electron chi connectivity index (χ4n) is 5.86. The fraction of sp³-hybridized carbons (Fsp3) is 0.333. The number of hydrogen-bond donors (Lipinski definition) is 1. The van der Waals surface area contributed by atoms with E-state index in [1.807, 2.05) is 83.8 Å². The van der Waals surface area contributed by atoms with Crippen molar-refractivity contribution in [1.29, 1.82) is 0 Å². The zero-order valence-corrected chi connectivity index (χ0v) is 25.8. The molecule has 2 aliphatic rings. The van der Waals surface area contributed by atoms with Crippen molar-refractivity contribution in [1.82, 2.24) is 14.5 Å². The summed E-state index contributed by atoms with van der Waals surface area (Å²) < 4.78 is 38.4. The fourth-order valence-corrected chi connectivity index (χ4v) is 7.05. The van der Waals surface area contributed by atoms with Gasteiger partial charge in [0.1, 0.15) is 12.1 Å². The molecule has 5 rings (SSSR count). The number of ether oxygens (including phenoxy) is 2. The summed E-state index contributed by atoms with van der Waals surface area (Å²) in [5.74, 6) is 0.844. The van der Waals surface area contributed by atoms with Crippen LogP contribution in [-0.4, -0.2) is 82.0 Å². The predicted octanol–water partition coefficient (Wildman–Crippen LogP) is 3.50. The second kappa shape index (κ2) is 13.5. The molecule has 2 fully saturated rings. The number of para-hydroxylation sites is 1. The zero-order valence-electron chi connectivity index (χ0n) is 25.0. The molecule has 3 aromatic rings. The third-order valence-electron chi connectivity index (χ3n) is 8.24. The molecule has 11 heteroatoms. The lowest BCUT2D eigenvalue weighted by Gasteiger charge is -2.42. The summed E-state index contributed by atoms with van der Waals surface area (Å²) in [5.41, 5.74) is 1.70. The van der Waals surface area contributed by atoms with E-state index in [4.69, 9.17) is 9.47 Å². The number of hydrogen-bond acceptors (Lipinski definition) is 7. The van der Waals surface area contributed by atoms with E-state index in [1.165, 1.54) is 9.71 Å². The Kier molecular flexibility index (Phi) is 9.55. The number of anilines is 1. The van der Waals surface area contributed by atoms with Crippen LogP contribution in [0.5, 0.6) is 11.5 Å². The number of benzene rings is 3. The number of nitrogens with one attached hydrogen (secondary N) is 1. The molecule has 10 nitrogen and oxygen atoms in total. The van der Waals surface area contributed by atoms with Gasteiger partial charge < -0.3 is 24.6 Å². The van der Waals surface area contributed by atoms with Crippen LogP contribution in [0, 0.1) is 0 Å². The number of amides is 2. The molecular weight excluding hydrogens is 580 g/mol. The Morgan fingerprint density at radius 2 is 1.59 bits per heavy atom. The smallest absolute Gasteiger partial charge is 0.250 e. The van der Waals surface area contributed by atoms with Gasteiger partial charge in [0.25, 0.3) is 0 Å². The largest absolute Gasteiger partial charge is 0.493 e. The number of rotatable bonds is 11. The van der Waals surface area contributed by atoms with Crippen LogP contribution in [0.25, 0.3) is 6.08 Å². The van der Waals surface area contributed by atoms with Crippen LogP contribution in [0.15, 0.2) is 84.3 Å². The Hall–Kier alpha value is -4.35. The molecule has 0 atom stereocenters. The van der Waals surface area contributed by atoms with Gasteiger partial charge in [-0.1, -0.05) is 54.6 Å².